The minimum Gasteiger partial charge on any atom is -0.465 e. The van der Waals surface area contributed by atoms with Crippen molar-refractivity contribution in [3.05, 3.63) is 106 Å². The second-order valence-electron chi connectivity index (χ2n) is 7.42. The highest BCUT2D eigenvalue weighted by molar-refractivity contribution is 6.33. The molecule has 154 valence electrons. The Hall–Kier alpha value is -3.99. The molecule has 0 aliphatic carbocycles. The summed E-state index contributed by atoms with van der Waals surface area (Å²) in [5, 5.41) is 0. The van der Waals surface area contributed by atoms with Gasteiger partial charge in [0, 0.05) is 5.56 Å². The van der Waals surface area contributed by atoms with Crippen molar-refractivity contribution in [2.24, 2.45) is 4.99 Å². The number of rotatable bonds is 4. The molecule has 0 bridgehead atoms. The zero-order chi connectivity index (χ0) is 22.0. The Morgan fingerprint density at radius 2 is 1.65 bits per heavy atom. The van der Waals surface area contributed by atoms with Crippen molar-refractivity contribution in [2.75, 3.05) is 12.0 Å². The highest BCUT2D eigenvalue weighted by Crippen LogP contribution is 2.28. The molecule has 4 rings (SSSR count). The number of esters is 1. The maximum absolute atomic E-state index is 13.4. The van der Waals surface area contributed by atoms with Gasteiger partial charge in [-0.1, -0.05) is 53.6 Å². The van der Waals surface area contributed by atoms with E-state index in [1.54, 1.807) is 35.2 Å². The number of aliphatic imine (C=N–C) groups is 1. The molecule has 1 aliphatic heterocycles. The normalized spacial score (nSPS) is 14.7. The summed E-state index contributed by atoms with van der Waals surface area (Å²) in [4.78, 5) is 31.3. The van der Waals surface area contributed by atoms with E-state index in [9.17, 15) is 9.59 Å². The lowest BCUT2D eigenvalue weighted by molar-refractivity contribution is -0.113. The number of carbonyl (C=O) groups excluding carboxylic acids is 2. The van der Waals surface area contributed by atoms with Gasteiger partial charge in [-0.15, -0.1) is 0 Å². The van der Waals surface area contributed by atoms with Gasteiger partial charge >= 0.3 is 5.97 Å². The van der Waals surface area contributed by atoms with Crippen molar-refractivity contribution >= 4 is 29.5 Å². The van der Waals surface area contributed by atoms with Crippen LogP contribution in [-0.4, -0.2) is 24.8 Å². The molecular weight excluding hydrogens is 388 g/mol. The minimum atomic E-state index is -0.401. The van der Waals surface area contributed by atoms with Gasteiger partial charge in [0.05, 0.1) is 18.4 Å². The Balaban J connectivity index is 1.76. The zero-order valence-corrected chi connectivity index (χ0v) is 17.6. The van der Waals surface area contributed by atoms with Gasteiger partial charge in [0.2, 0.25) is 0 Å². The van der Waals surface area contributed by atoms with Crippen LogP contribution < -0.4 is 4.90 Å². The number of hydrogen-bond acceptors (Lipinski definition) is 4. The summed E-state index contributed by atoms with van der Waals surface area (Å²) < 4.78 is 4.73. The molecule has 3 aromatic carbocycles. The van der Waals surface area contributed by atoms with Crippen LogP contribution in [0.25, 0.3) is 6.08 Å². The molecule has 0 fully saturated rings. The van der Waals surface area contributed by atoms with Crippen LogP contribution >= 0.6 is 0 Å². The van der Waals surface area contributed by atoms with Gasteiger partial charge in [-0.3, -0.25) is 9.69 Å². The molecule has 0 radical (unpaired) electrons. The predicted octanol–water partition coefficient (Wildman–Crippen LogP) is 4.92. The first kappa shape index (κ1) is 20.3. The second kappa shape index (κ2) is 8.40. The van der Waals surface area contributed by atoms with E-state index in [1.807, 2.05) is 62.4 Å². The molecule has 1 heterocycles. The highest BCUT2D eigenvalue weighted by Gasteiger charge is 2.32. The molecule has 0 atom stereocenters. The van der Waals surface area contributed by atoms with Gasteiger partial charge in [-0.05, 0) is 55.8 Å². The summed E-state index contributed by atoms with van der Waals surface area (Å²) >= 11 is 0. The topological polar surface area (TPSA) is 59.0 Å². The van der Waals surface area contributed by atoms with Gasteiger partial charge in [0.1, 0.15) is 11.5 Å². The smallest absolute Gasteiger partial charge is 0.337 e. The van der Waals surface area contributed by atoms with E-state index in [0.29, 0.717) is 17.1 Å². The van der Waals surface area contributed by atoms with Crippen LogP contribution in [0, 0.1) is 13.8 Å². The van der Waals surface area contributed by atoms with Crippen LogP contribution in [0.15, 0.2) is 83.5 Å². The molecule has 31 heavy (non-hydrogen) atoms. The molecule has 5 heteroatoms. The molecule has 1 aliphatic rings. The van der Waals surface area contributed by atoms with Crippen LogP contribution in [-0.2, 0) is 9.53 Å². The molecule has 0 aromatic heterocycles. The number of carbonyl (C=O) groups is 2. The number of ether oxygens (including phenoxy) is 1. The maximum Gasteiger partial charge on any atom is 0.337 e. The van der Waals surface area contributed by atoms with Crippen molar-refractivity contribution in [2.45, 2.75) is 13.8 Å². The molecule has 1 amide bonds. The summed E-state index contributed by atoms with van der Waals surface area (Å²) in [7, 11) is 1.34. The summed E-state index contributed by atoms with van der Waals surface area (Å²) in [6.45, 7) is 4.02. The first-order valence-electron chi connectivity index (χ1n) is 9.93. The largest absolute Gasteiger partial charge is 0.465 e. The van der Waals surface area contributed by atoms with E-state index in [1.165, 1.54) is 7.11 Å². The van der Waals surface area contributed by atoms with Crippen molar-refractivity contribution < 1.29 is 14.3 Å². The number of amidine groups is 1. The lowest BCUT2D eigenvalue weighted by Crippen LogP contribution is -2.32. The Morgan fingerprint density at radius 1 is 0.935 bits per heavy atom. The number of nitrogens with zero attached hydrogens (tertiary/aromatic N) is 2. The van der Waals surface area contributed by atoms with E-state index in [4.69, 9.17) is 9.73 Å². The first-order valence-corrected chi connectivity index (χ1v) is 9.93. The predicted molar refractivity (Wildman–Crippen MR) is 122 cm³/mol. The van der Waals surface area contributed by atoms with Crippen LogP contribution in [0.3, 0.4) is 0 Å². The van der Waals surface area contributed by atoms with E-state index in [0.717, 1.165) is 27.9 Å². The van der Waals surface area contributed by atoms with Crippen LogP contribution in [0.4, 0.5) is 5.69 Å². The third-order valence-corrected chi connectivity index (χ3v) is 5.06. The van der Waals surface area contributed by atoms with Gasteiger partial charge < -0.3 is 4.74 Å². The summed E-state index contributed by atoms with van der Waals surface area (Å²) in [5.41, 5.74) is 5.40. The Kier molecular flexibility index (Phi) is 5.50. The van der Waals surface area contributed by atoms with Gasteiger partial charge in [0.25, 0.3) is 5.91 Å². The average Bonchev–Trinajstić information content (AvgIpc) is 3.10. The Bertz CT molecular complexity index is 1210. The zero-order valence-electron chi connectivity index (χ0n) is 17.6. The molecule has 0 saturated heterocycles. The third-order valence-electron chi connectivity index (χ3n) is 5.06. The fourth-order valence-corrected chi connectivity index (χ4v) is 3.42. The standard InChI is InChI=1S/C26H22N2O3/c1-17-7-13-22(14-8-17)28-24(21-6-4-5-18(2)15-21)27-23(25(28)29)16-19-9-11-20(12-10-19)26(30)31-3/h4-16H,1-3H3/b23-16+. The third kappa shape index (κ3) is 4.16. The fourth-order valence-electron chi connectivity index (χ4n) is 3.42. The van der Waals surface area contributed by atoms with Gasteiger partial charge in [0.15, 0.2) is 0 Å². The van der Waals surface area contributed by atoms with Crippen LogP contribution in [0.5, 0.6) is 0 Å². The second-order valence-corrected chi connectivity index (χ2v) is 7.42. The summed E-state index contributed by atoms with van der Waals surface area (Å²) in [6.07, 6.45) is 1.73. The molecular formula is C26H22N2O3. The molecule has 0 unspecified atom stereocenters. The number of anilines is 1. The van der Waals surface area contributed by atoms with Crippen molar-refractivity contribution in [3.8, 4) is 0 Å². The van der Waals surface area contributed by atoms with Gasteiger partial charge in [-0.2, -0.15) is 0 Å². The SMILES string of the molecule is COC(=O)c1ccc(/C=C2/N=C(c3cccc(C)c3)N(c3ccc(C)cc3)C2=O)cc1. The van der Waals surface area contributed by atoms with E-state index < -0.39 is 5.97 Å². The number of benzene rings is 3. The molecule has 5 nitrogen and oxygen atoms in total. The van der Waals surface area contributed by atoms with Crippen LogP contribution in [0.2, 0.25) is 0 Å². The van der Waals surface area contributed by atoms with Crippen LogP contribution in [0.1, 0.15) is 32.6 Å². The molecule has 0 saturated carbocycles. The Morgan fingerprint density at radius 3 is 2.29 bits per heavy atom. The van der Waals surface area contributed by atoms with E-state index in [2.05, 4.69) is 0 Å². The molecule has 3 aromatic rings. The molecule has 0 spiro atoms. The quantitative estimate of drug-likeness (QED) is 0.453. The van der Waals surface area contributed by atoms with E-state index in [-0.39, 0.29) is 5.91 Å². The van der Waals surface area contributed by atoms with Crippen molar-refractivity contribution in [1.29, 1.82) is 0 Å². The molecule has 0 N–H and O–H groups in total. The van der Waals surface area contributed by atoms with Gasteiger partial charge in [-0.25, -0.2) is 9.79 Å². The number of methoxy groups -OCH3 is 1. The fraction of sp³-hybridized carbons (Fsp3) is 0.115. The first-order chi connectivity index (χ1) is 15.0. The van der Waals surface area contributed by atoms with Crippen molar-refractivity contribution in [3.63, 3.8) is 0 Å². The summed E-state index contributed by atoms with van der Waals surface area (Å²) in [5.74, 6) is -0.00571. The Labute approximate surface area is 181 Å². The number of aryl methyl sites for hydroxylation is 2. The maximum atomic E-state index is 13.4. The van der Waals surface area contributed by atoms with Crippen molar-refractivity contribution in [1.82, 2.24) is 0 Å². The lowest BCUT2D eigenvalue weighted by Gasteiger charge is -2.19. The minimum absolute atomic E-state index is 0.197. The number of amides is 1. The summed E-state index contributed by atoms with van der Waals surface area (Å²) in [6, 6.07) is 22.6. The lowest BCUT2D eigenvalue weighted by atomic mass is 10.1. The highest BCUT2D eigenvalue weighted by atomic mass is 16.5. The van der Waals surface area contributed by atoms with E-state index >= 15 is 0 Å². The number of hydrogen-bond donors (Lipinski definition) is 0. The monoisotopic (exact) mass is 410 g/mol. The average molecular weight is 410 g/mol.